The Kier molecular flexibility index (Phi) is 5.18. The molecule has 0 atom stereocenters. The van der Waals surface area contributed by atoms with Crippen LogP contribution in [0.15, 0.2) is 81.2 Å². The summed E-state index contributed by atoms with van der Waals surface area (Å²) in [5.41, 5.74) is 1.92. The molecule has 1 aliphatic heterocycles. The maximum Gasteiger partial charge on any atom is 0.266 e. The van der Waals surface area contributed by atoms with E-state index in [1.54, 1.807) is 47.4 Å². The van der Waals surface area contributed by atoms with E-state index in [1.165, 1.54) is 11.8 Å². The van der Waals surface area contributed by atoms with Gasteiger partial charge in [0.1, 0.15) is 21.5 Å². The van der Waals surface area contributed by atoms with E-state index in [0.29, 0.717) is 38.5 Å². The van der Waals surface area contributed by atoms with Gasteiger partial charge < -0.3 is 4.42 Å². The summed E-state index contributed by atoms with van der Waals surface area (Å²) in [7, 11) is 0. The number of amides is 1. The molecule has 1 saturated heterocycles. The summed E-state index contributed by atoms with van der Waals surface area (Å²) in [6.07, 6.45) is 1.67. The molecule has 1 aliphatic rings. The lowest BCUT2D eigenvalue weighted by molar-refractivity contribution is -0.122. The van der Waals surface area contributed by atoms with Gasteiger partial charge in [-0.3, -0.25) is 9.69 Å². The molecule has 1 aromatic heterocycles. The van der Waals surface area contributed by atoms with E-state index in [4.69, 9.17) is 16.6 Å². The number of hydrogen-bond acceptors (Lipinski definition) is 6. The molecule has 0 spiro atoms. The predicted octanol–water partition coefficient (Wildman–Crippen LogP) is 5.75. The first kappa shape index (κ1) is 18.3. The molecule has 0 radical (unpaired) electrons. The number of carbonyl (C=O) groups is 1. The topological polar surface area (TPSA) is 62.9 Å². The van der Waals surface area contributed by atoms with Crippen LogP contribution in [-0.4, -0.2) is 15.1 Å². The van der Waals surface area contributed by atoms with Crippen molar-refractivity contribution in [3.8, 4) is 11.3 Å². The molecule has 7 heteroatoms. The molecule has 5 nitrogen and oxygen atoms in total. The molecule has 4 rings (SSSR count). The fourth-order valence-electron chi connectivity index (χ4n) is 2.87. The average molecular weight is 406 g/mol. The van der Waals surface area contributed by atoms with Gasteiger partial charge in [-0.1, -0.05) is 66.4 Å². The minimum Gasteiger partial charge on any atom is -0.457 e. The zero-order valence-corrected chi connectivity index (χ0v) is 16.2. The van der Waals surface area contributed by atoms with E-state index in [-0.39, 0.29) is 5.91 Å². The molecular weight excluding hydrogens is 392 g/mol. The fourth-order valence-corrected chi connectivity index (χ4v) is 4.10. The van der Waals surface area contributed by atoms with Crippen LogP contribution in [0.1, 0.15) is 11.3 Å². The molecule has 1 fully saturated rings. The van der Waals surface area contributed by atoms with E-state index in [2.05, 4.69) is 5.18 Å². The Bertz CT molecular complexity index is 1090. The number of thiocarbonyl (C=S) groups is 1. The Morgan fingerprint density at radius 2 is 1.79 bits per heavy atom. The quantitative estimate of drug-likeness (QED) is 0.307. The highest BCUT2D eigenvalue weighted by Gasteiger charge is 2.32. The van der Waals surface area contributed by atoms with Gasteiger partial charge in [-0.05, 0) is 35.0 Å². The van der Waals surface area contributed by atoms with Crippen LogP contribution in [0.3, 0.4) is 0 Å². The van der Waals surface area contributed by atoms with E-state index < -0.39 is 0 Å². The monoisotopic (exact) mass is 406 g/mol. The Hall–Kier alpha value is -3.03. The fraction of sp³-hybridized carbons (Fsp3) is 0.0476. The van der Waals surface area contributed by atoms with Crippen LogP contribution >= 0.6 is 24.0 Å². The van der Waals surface area contributed by atoms with Gasteiger partial charge in [-0.15, -0.1) is 4.91 Å². The second-order valence-corrected chi connectivity index (χ2v) is 7.74. The van der Waals surface area contributed by atoms with Crippen molar-refractivity contribution in [3.63, 3.8) is 0 Å². The normalized spacial score (nSPS) is 15.4. The van der Waals surface area contributed by atoms with Crippen molar-refractivity contribution >= 4 is 46.0 Å². The lowest BCUT2D eigenvalue weighted by Crippen LogP contribution is -2.27. The highest BCUT2D eigenvalue weighted by Crippen LogP contribution is 2.36. The molecule has 2 heterocycles. The van der Waals surface area contributed by atoms with Gasteiger partial charge in [0.2, 0.25) is 0 Å². The van der Waals surface area contributed by atoms with Crippen molar-refractivity contribution in [3.05, 3.63) is 87.9 Å². The molecule has 2 aromatic carbocycles. The molecule has 3 aromatic rings. The van der Waals surface area contributed by atoms with Crippen molar-refractivity contribution < 1.29 is 9.21 Å². The highest BCUT2D eigenvalue weighted by atomic mass is 32.2. The van der Waals surface area contributed by atoms with Crippen LogP contribution in [0.5, 0.6) is 0 Å². The zero-order valence-electron chi connectivity index (χ0n) is 14.6. The second kappa shape index (κ2) is 7.92. The number of nitrogens with zero attached hydrogens (tertiary/aromatic N) is 2. The van der Waals surface area contributed by atoms with E-state index in [0.717, 1.165) is 5.56 Å². The van der Waals surface area contributed by atoms with Gasteiger partial charge in [0.05, 0.1) is 11.4 Å². The van der Waals surface area contributed by atoms with Crippen LogP contribution in [0.4, 0.5) is 5.69 Å². The number of benzene rings is 2. The van der Waals surface area contributed by atoms with Crippen LogP contribution < -0.4 is 0 Å². The lowest BCUT2D eigenvalue weighted by Gasteiger charge is -2.14. The molecular formula is C21H14N2O3S2. The van der Waals surface area contributed by atoms with Crippen molar-refractivity contribution in [1.82, 2.24) is 4.90 Å². The van der Waals surface area contributed by atoms with Crippen molar-refractivity contribution in [2.24, 2.45) is 5.18 Å². The van der Waals surface area contributed by atoms with Gasteiger partial charge in [-0.25, -0.2) is 0 Å². The third-order valence-electron chi connectivity index (χ3n) is 4.23. The third kappa shape index (κ3) is 3.67. The van der Waals surface area contributed by atoms with E-state index >= 15 is 0 Å². The van der Waals surface area contributed by atoms with Crippen LogP contribution in [0.25, 0.3) is 17.4 Å². The molecule has 0 unspecified atom stereocenters. The summed E-state index contributed by atoms with van der Waals surface area (Å²) in [5, 5.41) is 3.02. The Labute approximate surface area is 171 Å². The molecule has 0 bridgehead atoms. The van der Waals surface area contributed by atoms with Crippen molar-refractivity contribution in [1.29, 1.82) is 0 Å². The minimum atomic E-state index is -0.147. The molecule has 0 N–H and O–H groups in total. The number of nitroso groups, excluding NO2 is 1. The van der Waals surface area contributed by atoms with Gasteiger partial charge in [0.15, 0.2) is 0 Å². The first-order chi connectivity index (χ1) is 13.7. The smallest absolute Gasteiger partial charge is 0.266 e. The highest BCUT2D eigenvalue weighted by molar-refractivity contribution is 8.26. The SMILES string of the molecule is O=Nc1ccccc1-c1ccc(/C=C2/SC(=S)N(Cc3ccccc3)C2=O)o1. The first-order valence-electron chi connectivity index (χ1n) is 8.47. The minimum absolute atomic E-state index is 0.147. The van der Waals surface area contributed by atoms with Gasteiger partial charge in [0.25, 0.3) is 5.91 Å². The predicted molar refractivity (Wildman–Crippen MR) is 115 cm³/mol. The third-order valence-corrected chi connectivity index (χ3v) is 5.60. The Balaban J connectivity index is 1.57. The van der Waals surface area contributed by atoms with Crippen LogP contribution in [-0.2, 0) is 11.3 Å². The van der Waals surface area contributed by atoms with Gasteiger partial charge >= 0.3 is 0 Å². The lowest BCUT2D eigenvalue weighted by atomic mass is 10.1. The number of hydrogen-bond donors (Lipinski definition) is 0. The number of carbonyl (C=O) groups excluding carboxylic acids is 1. The molecule has 138 valence electrons. The Morgan fingerprint density at radius 3 is 2.57 bits per heavy atom. The van der Waals surface area contributed by atoms with Gasteiger partial charge in [-0.2, -0.15) is 0 Å². The second-order valence-electron chi connectivity index (χ2n) is 6.06. The maximum atomic E-state index is 12.8. The van der Waals surface area contributed by atoms with Crippen LogP contribution in [0, 0.1) is 4.91 Å². The summed E-state index contributed by atoms with van der Waals surface area (Å²) in [5.74, 6) is 0.879. The van der Waals surface area contributed by atoms with Crippen molar-refractivity contribution in [2.75, 3.05) is 0 Å². The molecule has 0 aliphatic carbocycles. The van der Waals surface area contributed by atoms with Gasteiger partial charge in [0, 0.05) is 11.6 Å². The van der Waals surface area contributed by atoms with Crippen LogP contribution in [0.2, 0.25) is 0 Å². The van der Waals surface area contributed by atoms with Crippen molar-refractivity contribution in [2.45, 2.75) is 6.54 Å². The zero-order chi connectivity index (χ0) is 19.5. The number of rotatable bonds is 5. The summed E-state index contributed by atoms with van der Waals surface area (Å²) < 4.78 is 6.32. The first-order valence-corrected chi connectivity index (χ1v) is 9.70. The largest absolute Gasteiger partial charge is 0.457 e. The van der Waals surface area contributed by atoms with E-state index in [9.17, 15) is 9.70 Å². The Morgan fingerprint density at radius 1 is 1.04 bits per heavy atom. The maximum absolute atomic E-state index is 12.8. The summed E-state index contributed by atoms with van der Waals surface area (Å²) in [4.78, 5) is 25.8. The average Bonchev–Trinajstić information content (AvgIpc) is 3.29. The summed E-state index contributed by atoms with van der Waals surface area (Å²) in [6.45, 7) is 0.435. The number of furan rings is 1. The number of thioether (sulfide) groups is 1. The molecule has 1 amide bonds. The molecule has 28 heavy (non-hydrogen) atoms. The molecule has 0 saturated carbocycles. The standard InChI is InChI=1S/C21H14N2O3S2/c24-20-19(28-21(27)23(20)13-14-6-2-1-3-7-14)12-15-10-11-18(26-15)16-8-4-5-9-17(16)22-25/h1-12H,13H2/b19-12+. The summed E-state index contributed by atoms with van der Waals surface area (Å²) >= 11 is 6.62. The van der Waals surface area contributed by atoms with E-state index in [1.807, 2.05) is 30.3 Å². The summed E-state index contributed by atoms with van der Waals surface area (Å²) in [6, 6.07) is 20.1.